The third-order valence-corrected chi connectivity index (χ3v) is 7.15. The number of nitrogens with zero attached hydrogens (tertiary/aromatic N) is 1. The van der Waals surface area contributed by atoms with Gasteiger partial charge in [-0.3, -0.25) is 4.31 Å². The highest BCUT2D eigenvalue weighted by molar-refractivity contribution is 9.10. The minimum absolute atomic E-state index is 0.338. The summed E-state index contributed by atoms with van der Waals surface area (Å²) in [5, 5.41) is 0. The third-order valence-electron chi connectivity index (χ3n) is 3.40. The molecule has 3 rings (SSSR count). The predicted octanol–water partition coefficient (Wildman–Crippen LogP) is 4.06. The minimum Gasteiger partial charge on any atom is -0.264 e. The molecule has 0 radical (unpaired) electrons. The molecule has 0 saturated carbocycles. The van der Waals surface area contributed by atoms with Gasteiger partial charge in [0.2, 0.25) is 0 Å². The molecule has 3 nitrogen and oxygen atoms in total. The Balaban J connectivity index is 2.09. The normalized spacial score (nSPS) is 14.9. The van der Waals surface area contributed by atoms with Crippen LogP contribution < -0.4 is 4.31 Å². The summed E-state index contributed by atoms with van der Waals surface area (Å²) in [5.41, 5.74) is 1.69. The molecular formula is C15H14BrNO2S2. The summed E-state index contributed by atoms with van der Waals surface area (Å²) >= 11 is 5.10. The van der Waals surface area contributed by atoms with Crippen molar-refractivity contribution in [3.05, 3.63) is 52.5 Å². The van der Waals surface area contributed by atoms with Gasteiger partial charge in [0.25, 0.3) is 10.0 Å². The number of para-hydroxylation sites is 1. The summed E-state index contributed by atoms with van der Waals surface area (Å²) in [5.74, 6) is 0.770. The molecule has 6 heteroatoms. The molecule has 1 aliphatic heterocycles. The first-order valence-corrected chi connectivity index (χ1v) is 9.73. The Kier molecular flexibility index (Phi) is 4.03. The molecule has 0 atom stereocenters. The molecular weight excluding hydrogens is 370 g/mol. The average Bonchev–Trinajstić information content (AvgIpc) is 2.49. The molecule has 0 bridgehead atoms. The zero-order valence-corrected chi connectivity index (χ0v) is 14.6. The van der Waals surface area contributed by atoms with Crippen LogP contribution in [0, 0.1) is 6.92 Å². The largest absolute Gasteiger partial charge is 0.264 e. The van der Waals surface area contributed by atoms with E-state index in [9.17, 15) is 8.42 Å². The van der Waals surface area contributed by atoms with E-state index in [0.717, 1.165) is 26.4 Å². The fourth-order valence-electron chi connectivity index (χ4n) is 2.30. The summed E-state index contributed by atoms with van der Waals surface area (Å²) in [4.78, 5) is 1.35. The number of fused-ring (bicyclic) bond motifs is 1. The number of hydrogen-bond donors (Lipinski definition) is 0. The Hall–Kier alpha value is -0.980. The number of rotatable bonds is 2. The first-order chi connectivity index (χ1) is 10.00. The second kappa shape index (κ2) is 5.66. The van der Waals surface area contributed by atoms with E-state index in [1.54, 1.807) is 30.0 Å². The van der Waals surface area contributed by atoms with E-state index in [0.29, 0.717) is 11.4 Å². The van der Waals surface area contributed by atoms with Crippen LogP contribution in [-0.4, -0.2) is 20.7 Å². The summed E-state index contributed by atoms with van der Waals surface area (Å²) in [7, 11) is -3.52. The second-order valence-electron chi connectivity index (χ2n) is 4.80. The smallest absolute Gasteiger partial charge is 0.264 e. The third kappa shape index (κ3) is 2.72. The van der Waals surface area contributed by atoms with E-state index >= 15 is 0 Å². The van der Waals surface area contributed by atoms with Crippen LogP contribution in [0.4, 0.5) is 5.69 Å². The highest BCUT2D eigenvalue weighted by Crippen LogP contribution is 2.37. The molecule has 110 valence electrons. The molecule has 1 aliphatic rings. The van der Waals surface area contributed by atoms with Gasteiger partial charge < -0.3 is 0 Å². The molecule has 0 spiro atoms. The second-order valence-corrected chi connectivity index (χ2v) is 8.66. The number of thioether (sulfide) groups is 1. The number of benzene rings is 2. The highest BCUT2D eigenvalue weighted by atomic mass is 79.9. The van der Waals surface area contributed by atoms with Crippen LogP contribution in [0.5, 0.6) is 0 Å². The maximum atomic E-state index is 12.9. The molecule has 21 heavy (non-hydrogen) atoms. The SMILES string of the molecule is Cc1cc(S(=O)(=O)N2CCSc3ccccc32)ccc1Br. The number of halogens is 1. The summed E-state index contributed by atoms with van der Waals surface area (Å²) in [6.07, 6.45) is 0. The first kappa shape index (κ1) is 14.9. The molecule has 2 aromatic rings. The average molecular weight is 384 g/mol. The van der Waals surface area contributed by atoms with E-state index in [1.807, 2.05) is 31.2 Å². The van der Waals surface area contributed by atoms with Gasteiger partial charge in [-0.25, -0.2) is 8.42 Å². The number of hydrogen-bond acceptors (Lipinski definition) is 3. The van der Waals surface area contributed by atoms with E-state index in [1.165, 1.54) is 4.31 Å². The lowest BCUT2D eigenvalue weighted by Crippen LogP contribution is -2.35. The predicted molar refractivity (Wildman–Crippen MR) is 90.6 cm³/mol. The Morgan fingerprint density at radius 3 is 2.71 bits per heavy atom. The van der Waals surface area contributed by atoms with Gasteiger partial charge in [-0.15, -0.1) is 11.8 Å². The molecule has 0 saturated heterocycles. The molecule has 0 fully saturated rings. The van der Waals surface area contributed by atoms with Crippen molar-refractivity contribution < 1.29 is 8.42 Å². The zero-order valence-electron chi connectivity index (χ0n) is 11.4. The van der Waals surface area contributed by atoms with Gasteiger partial charge in [0, 0.05) is 21.7 Å². The van der Waals surface area contributed by atoms with Gasteiger partial charge in [0.15, 0.2) is 0 Å². The van der Waals surface area contributed by atoms with Crippen LogP contribution in [0.15, 0.2) is 56.7 Å². The topological polar surface area (TPSA) is 37.4 Å². The van der Waals surface area contributed by atoms with Crippen LogP contribution in [0.3, 0.4) is 0 Å². The first-order valence-electron chi connectivity index (χ1n) is 6.51. The lowest BCUT2D eigenvalue weighted by molar-refractivity contribution is 0.591. The lowest BCUT2D eigenvalue weighted by Gasteiger charge is -2.30. The van der Waals surface area contributed by atoms with Gasteiger partial charge in [-0.05, 0) is 42.8 Å². The van der Waals surface area contributed by atoms with Crippen molar-refractivity contribution in [2.24, 2.45) is 0 Å². The van der Waals surface area contributed by atoms with Crippen molar-refractivity contribution in [1.82, 2.24) is 0 Å². The minimum atomic E-state index is -3.52. The quantitative estimate of drug-likeness (QED) is 0.784. The molecule has 0 amide bonds. The number of sulfonamides is 1. The van der Waals surface area contributed by atoms with Gasteiger partial charge in [0.1, 0.15) is 0 Å². The Labute approximate surface area is 137 Å². The molecule has 2 aromatic carbocycles. The molecule has 0 N–H and O–H groups in total. The van der Waals surface area contributed by atoms with Crippen molar-refractivity contribution in [2.45, 2.75) is 16.7 Å². The highest BCUT2D eigenvalue weighted by Gasteiger charge is 2.29. The van der Waals surface area contributed by atoms with Crippen molar-refractivity contribution in [3.63, 3.8) is 0 Å². The lowest BCUT2D eigenvalue weighted by atomic mass is 10.2. The Bertz CT molecular complexity index is 790. The van der Waals surface area contributed by atoms with Crippen molar-refractivity contribution >= 4 is 43.4 Å². The number of anilines is 1. The zero-order chi connectivity index (χ0) is 15.0. The summed E-state index contributed by atoms with van der Waals surface area (Å²) < 4.78 is 28.3. The molecule has 1 heterocycles. The fraction of sp³-hybridized carbons (Fsp3) is 0.200. The van der Waals surface area contributed by atoms with Crippen LogP contribution in [-0.2, 0) is 10.0 Å². The van der Waals surface area contributed by atoms with Crippen LogP contribution in [0.1, 0.15) is 5.56 Å². The van der Waals surface area contributed by atoms with Crippen LogP contribution >= 0.6 is 27.7 Å². The van der Waals surface area contributed by atoms with E-state index < -0.39 is 10.0 Å². The van der Waals surface area contributed by atoms with E-state index in [-0.39, 0.29) is 0 Å². The van der Waals surface area contributed by atoms with Crippen LogP contribution in [0.25, 0.3) is 0 Å². The van der Waals surface area contributed by atoms with Gasteiger partial charge in [-0.2, -0.15) is 0 Å². The van der Waals surface area contributed by atoms with Crippen molar-refractivity contribution in [2.75, 3.05) is 16.6 Å². The Morgan fingerprint density at radius 2 is 1.95 bits per heavy atom. The summed E-state index contributed by atoms with van der Waals surface area (Å²) in [6, 6.07) is 12.8. The van der Waals surface area contributed by atoms with Crippen LogP contribution in [0.2, 0.25) is 0 Å². The molecule has 0 aromatic heterocycles. The van der Waals surface area contributed by atoms with Gasteiger partial charge >= 0.3 is 0 Å². The van der Waals surface area contributed by atoms with Crippen molar-refractivity contribution in [1.29, 1.82) is 0 Å². The van der Waals surface area contributed by atoms with E-state index in [2.05, 4.69) is 15.9 Å². The van der Waals surface area contributed by atoms with Gasteiger partial charge in [-0.1, -0.05) is 28.1 Å². The van der Waals surface area contributed by atoms with Crippen molar-refractivity contribution in [3.8, 4) is 0 Å². The summed E-state index contributed by atoms with van der Waals surface area (Å²) in [6.45, 7) is 2.39. The fourth-order valence-corrected chi connectivity index (χ4v) is 5.28. The number of aryl methyl sites for hydroxylation is 1. The standard InChI is InChI=1S/C15H14BrNO2S2/c1-11-10-12(6-7-13(11)16)21(18,19)17-8-9-20-15-5-3-2-4-14(15)17/h2-7,10H,8-9H2,1H3. The molecule has 0 aliphatic carbocycles. The maximum Gasteiger partial charge on any atom is 0.264 e. The van der Waals surface area contributed by atoms with Gasteiger partial charge in [0.05, 0.1) is 10.6 Å². The Morgan fingerprint density at radius 1 is 1.19 bits per heavy atom. The van der Waals surface area contributed by atoms with E-state index in [4.69, 9.17) is 0 Å². The monoisotopic (exact) mass is 383 g/mol. The maximum absolute atomic E-state index is 12.9. The molecule has 0 unspecified atom stereocenters.